The Balaban J connectivity index is 4.80. The Labute approximate surface area is 72.5 Å². The molecule has 0 aliphatic rings. The van der Waals surface area contributed by atoms with Gasteiger partial charge in [-0.3, -0.25) is 0 Å². The third-order valence-electron chi connectivity index (χ3n) is 1.54. The topological polar surface area (TPSA) is 23.8 Å². The smallest absolute Gasteiger partial charge is 0.136 e. The van der Waals surface area contributed by atoms with E-state index in [1.165, 1.54) is 13.0 Å². The molecule has 0 saturated heterocycles. The van der Waals surface area contributed by atoms with Crippen LogP contribution in [-0.2, 0) is 0 Å². The first-order chi connectivity index (χ1) is 5.49. The monoisotopic (exact) mass is 165 g/mol. The van der Waals surface area contributed by atoms with Crippen molar-refractivity contribution in [3.05, 3.63) is 35.2 Å². The molecule has 64 valence electrons. The predicted octanol–water partition coefficient (Wildman–Crippen LogP) is 3.28. The van der Waals surface area contributed by atoms with Crippen molar-refractivity contribution in [2.45, 2.75) is 20.8 Å². The van der Waals surface area contributed by atoms with E-state index >= 15 is 0 Å². The molecule has 0 spiro atoms. The van der Waals surface area contributed by atoms with Crippen molar-refractivity contribution >= 4 is 0 Å². The van der Waals surface area contributed by atoms with Crippen molar-refractivity contribution in [3.63, 3.8) is 0 Å². The van der Waals surface area contributed by atoms with E-state index in [2.05, 4.69) is 6.58 Å². The summed E-state index contributed by atoms with van der Waals surface area (Å²) in [6, 6.07) is 1.74. The zero-order valence-corrected chi connectivity index (χ0v) is 7.61. The number of nitrogens with zero attached hydrogens (tertiary/aromatic N) is 1. The summed E-state index contributed by atoms with van der Waals surface area (Å²) in [6.07, 6.45) is 1.32. The van der Waals surface area contributed by atoms with E-state index in [9.17, 15) is 4.39 Å². The van der Waals surface area contributed by atoms with Gasteiger partial charge in [0.15, 0.2) is 0 Å². The summed E-state index contributed by atoms with van der Waals surface area (Å²) < 4.78 is 12.9. The highest BCUT2D eigenvalue weighted by atomic mass is 19.1. The number of allylic oxidation sites excluding steroid dienone is 5. The molecule has 0 aromatic carbocycles. The summed E-state index contributed by atoms with van der Waals surface area (Å²) >= 11 is 0. The molecule has 1 nitrogen and oxygen atoms in total. The van der Waals surface area contributed by atoms with E-state index in [0.717, 1.165) is 11.1 Å². The first-order valence-corrected chi connectivity index (χ1v) is 3.59. The second kappa shape index (κ2) is 4.50. The lowest BCUT2D eigenvalue weighted by molar-refractivity contribution is 0.657. The van der Waals surface area contributed by atoms with Crippen molar-refractivity contribution in [1.29, 1.82) is 5.26 Å². The molecule has 0 fully saturated rings. The summed E-state index contributed by atoms with van der Waals surface area (Å²) in [6.45, 7) is 8.64. The summed E-state index contributed by atoms with van der Waals surface area (Å²) in [4.78, 5) is 0. The molecule has 0 aliphatic carbocycles. The van der Waals surface area contributed by atoms with Crippen LogP contribution in [0.1, 0.15) is 20.8 Å². The Morgan fingerprint density at radius 1 is 1.42 bits per heavy atom. The normalized spacial score (nSPS) is 13.4. The minimum Gasteiger partial charge on any atom is -0.206 e. The number of hydrogen-bond acceptors (Lipinski definition) is 1. The largest absolute Gasteiger partial charge is 0.206 e. The van der Waals surface area contributed by atoms with E-state index in [1.54, 1.807) is 19.9 Å². The van der Waals surface area contributed by atoms with Crippen molar-refractivity contribution in [1.82, 2.24) is 0 Å². The van der Waals surface area contributed by atoms with Gasteiger partial charge in [0, 0.05) is 0 Å². The second-order valence-electron chi connectivity index (χ2n) is 2.69. The molecular formula is C10H12FN. The van der Waals surface area contributed by atoms with Gasteiger partial charge in [-0.25, -0.2) is 4.39 Å². The molecule has 2 heteroatoms. The van der Waals surface area contributed by atoms with Crippen molar-refractivity contribution < 1.29 is 4.39 Å². The lowest BCUT2D eigenvalue weighted by atomic mass is 10.1. The maximum absolute atomic E-state index is 12.9. The minimum atomic E-state index is -0.488. The Morgan fingerprint density at radius 3 is 2.25 bits per heavy atom. The van der Waals surface area contributed by atoms with Gasteiger partial charge in [0.1, 0.15) is 5.83 Å². The SMILES string of the molecule is C=C(C)/C(C)=C\C(F)=C(/C)C#N. The van der Waals surface area contributed by atoms with Gasteiger partial charge >= 0.3 is 0 Å². The summed E-state index contributed by atoms with van der Waals surface area (Å²) in [5.41, 5.74) is 1.65. The van der Waals surface area contributed by atoms with Gasteiger partial charge in [-0.1, -0.05) is 12.2 Å². The van der Waals surface area contributed by atoms with Crippen LogP contribution in [0.3, 0.4) is 0 Å². The fourth-order valence-electron chi connectivity index (χ4n) is 0.475. The van der Waals surface area contributed by atoms with Gasteiger partial charge in [-0.05, 0) is 32.4 Å². The van der Waals surface area contributed by atoms with Crippen LogP contribution in [0, 0.1) is 11.3 Å². The highest BCUT2D eigenvalue weighted by Gasteiger charge is 1.97. The zero-order chi connectivity index (χ0) is 9.72. The fourth-order valence-corrected chi connectivity index (χ4v) is 0.475. The van der Waals surface area contributed by atoms with Gasteiger partial charge in [0.25, 0.3) is 0 Å². The van der Waals surface area contributed by atoms with E-state index in [0.29, 0.717) is 0 Å². The first-order valence-electron chi connectivity index (χ1n) is 3.59. The maximum Gasteiger partial charge on any atom is 0.136 e. The van der Waals surface area contributed by atoms with Crippen LogP contribution in [-0.4, -0.2) is 0 Å². The van der Waals surface area contributed by atoms with Gasteiger partial charge < -0.3 is 0 Å². The summed E-state index contributed by atoms with van der Waals surface area (Å²) in [5.74, 6) is -0.488. The van der Waals surface area contributed by atoms with Crippen LogP contribution in [0.4, 0.5) is 4.39 Å². The number of halogens is 1. The molecule has 0 rings (SSSR count). The maximum atomic E-state index is 12.9. The molecule has 0 saturated carbocycles. The van der Waals surface area contributed by atoms with Crippen LogP contribution in [0.2, 0.25) is 0 Å². The quantitative estimate of drug-likeness (QED) is 0.455. The third kappa shape index (κ3) is 3.16. The van der Waals surface area contributed by atoms with E-state index in [-0.39, 0.29) is 5.57 Å². The second-order valence-corrected chi connectivity index (χ2v) is 2.69. The molecule has 0 N–H and O–H groups in total. The van der Waals surface area contributed by atoms with Crippen LogP contribution in [0.15, 0.2) is 35.2 Å². The molecule has 0 aromatic rings. The number of hydrogen-bond donors (Lipinski definition) is 0. The number of nitriles is 1. The Morgan fingerprint density at radius 2 is 1.92 bits per heavy atom. The lowest BCUT2D eigenvalue weighted by Crippen LogP contribution is -1.80. The Kier molecular flexibility index (Phi) is 3.99. The van der Waals surface area contributed by atoms with E-state index < -0.39 is 5.83 Å². The molecule has 0 aromatic heterocycles. The molecule has 0 atom stereocenters. The van der Waals surface area contributed by atoms with Gasteiger partial charge in [-0.2, -0.15) is 5.26 Å². The van der Waals surface area contributed by atoms with Crippen molar-refractivity contribution in [2.24, 2.45) is 0 Å². The number of rotatable bonds is 2. The standard InChI is InChI=1S/C10H12FN/c1-7(2)8(3)5-10(11)9(4)6-12/h5H,1H2,2-4H3/b8-5-,10-9-. The van der Waals surface area contributed by atoms with Gasteiger partial charge in [0.05, 0.1) is 11.6 Å². The van der Waals surface area contributed by atoms with Crippen LogP contribution < -0.4 is 0 Å². The molecule has 0 heterocycles. The third-order valence-corrected chi connectivity index (χ3v) is 1.54. The molecule has 0 unspecified atom stereocenters. The average molecular weight is 165 g/mol. The van der Waals surface area contributed by atoms with E-state index in [4.69, 9.17) is 5.26 Å². The van der Waals surface area contributed by atoms with Gasteiger partial charge in [-0.15, -0.1) is 0 Å². The molecule has 0 bridgehead atoms. The molecular weight excluding hydrogens is 153 g/mol. The summed E-state index contributed by atoms with van der Waals surface area (Å²) in [5, 5.41) is 8.36. The lowest BCUT2D eigenvalue weighted by Gasteiger charge is -1.97. The van der Waals surface area contributed by atoms with Crippen LogP contribution in [0.5, 0.6) is 0 Å². The fraction of sp³-hybridized carbons (Fsp3) is 0.300. The molecule has 0 aliphatic heterocycles. The van der Waals surface area contributed by atoms with Crippen molar-refractivity contribution in [3.8, 4) is 6.07 Å². The van der Waals surface area contributed by atoms with Crippen LogP contribution >= 0.6 is 0 Å². The van der Waals surface area contributed by atoms with Crippen molar-refractivity contribution in [2.75, 3.05) is 0 Å². The molecule has 0 amide bonds. The van der Waals surface area contributed by atoms with Gasteiger partial charge in [0.2, 0.25) is 0 Å². The molecule has 0 radical (unpaired) electrons. The van der Waals surface area contributed by atoms with E-state index in [1.807, 2.05) is 0 Å². The summed E-state index contributed by atoms with van der Waals surface area (Å²) in [7, 11) is 0. The average Bonchev–Trinajstić information content (AvgIpc) is 2.02. The highest BCUT2D eigenvalue weighted by molar-refractivity contribution is 5.35. The minimum absolute atomic E-state index is 0.0931. The Bertz CT molecular complexity index is 289. The molecule has 12 heavy (non-hydrogen) atoms. The predicted molar refractivity (Wildman–Crippen MR) is 48.0 cm³/mol. The zero-order valence-electron chi connectivity index (χ0n) is 7.61. The first kappa shape index (κ1) is 10.6. The van der Waals surface area contributed by atoms with Crippen LogP contribution in [0.25, 0.3) is 0 Å². The highest BCUT2D eigenvalue weighted by Crippen LogP contribution is 2.13. The Hall–Kier alpha value is -1.36.